The highest BCUT2D eigenvalue weighted by atomic mass is 79.9. The standard InChI is InChI=1S/C13H11BrN2O2/c1-8-4-5-9(14)10(7-8)16-13(18)12-11(17)3-2-6-15-12/h2-7,17H,1H3,(H,16,18). The number of rotatable bonds is 2. The molecule has 0 fully saturated rings. The predicted octanol–water partition coefficient (Wildman–Crippen LogP) is 3.11. The molecule has 5 heteroatoms. The van der Waals surface area contributed by atoms with Gasteiger partial charge in [-0.1, -0.05) is 6.07 Å². The van der Waals surface area contributed by atoms with Crippen molar-refractivity contribution in [3.05, 3.63) is 52.3 Å². The maximum Gasteiger partial charge on any atom is 0.278 e. The number of anilines is 1. The Labute approximate surface area is 113 Å². The third-order valence-corrected chi connectivity index (χ3v) is 3.06. The van der Waals surface area contributed by atoms with Gasteiger partial charge in [0.05, 0.1) is 5.69 Å². The summed E-state index contributed by atoms with van der Waals surface area (Å²) in [5.41, 5.74) is 1.68. The Morgan fingerprint density at radius 1 is 1.39 bits per heavy atom. The van der Waals surface area contributed by atoms with Crippen LogP contribution in [0, 0.1) is 6.92 Å². The van der Waals surface area contributed by atoms with Crippen molar-refractivity contribution in [3.63, 3.8) is 0 Å². The summed E-state index contributed by atoms with van der Waals surface area (Å²) in [4.78, 5) is 15.8. The molecule has 0 spiro atoms. The molecule has 2 N–H and O–H groups in total. The summed E-state index contributed by atoms with van der Waals surface area (Å²) in [6.07, 6.45) is 1.46. The lowest BCUT2D eigenvalue weighted by Crippen LogP contribution is -2.14. The van der Waals surface area contributed by atoms with Crippen LogP contribution in [0.5, 0.6) is 5.75 Å². The third-order valence-electron chi connectivity index (χ3n) is 2.37. The molecule has 0 atom stereocenters. The number of amides is 1. The average Bonchev–Trinajstić information content (AvgIpc) is 2.34. The summed E-state index contributed by atoms with van der Waals surface area (Å²) in [6, 6.07) is 8.60. The molecular formula is C13H11BrN2O2. The van der Waals surface area contributed by atoms with Crippen molar-refractivity contribution in [1.29, 1.82) is 0 Å². The van der Waals surface area contributed by atoms with E-state index in [1.54, 1.807) is 6.07 Å². The summed E-state index contributed by atoms with van der Waals surface area (Å²) in [5, 5.41) is 12.2. The van der Waals surface area contributed by atoms with Crippen molar-refractivity contribution in [2.45, 2.75) is 6.92 Å². The number of nitrogens with zero attached hydrogens (tertiary/aromatic N) is 1. The van der Waals surface area contributed by atoms with Gasteiger partial charge >= 0.3 is 0 Å². The highest BCUT2D eigenvalue weighted by Crippen LogP contribution is 2.24. The van der Waals surface area contributed by atoms with Gasteiger partial charge in [-0.05, 0) is 52.7 Å². The summed E-state index contributed by atoms with van der Waals surface area (Å²) in [6.45, 7) is 1.93. The van der Waals surface area contributed by atoms with Crippen molar-refractivity contribution >= 4 is 27.5 Å². The van der Waals surface area contributed by atoms with Gasteiger partial charge in [0, 0.05) is 10.7 Å². The van der Waals surface area contributed by atoms with Crippen molar-refractivity contribution in [1.82, 2.24) is 4.98 Å². The molecule has 0 unspecified atom stereocenters. The topological polar surface area (TPSA) is 62.2 Å². The summed E-state index contributed by atoms with van der Waals surface area (Å²) < 4.78 is 0.775. The first kappa shape index (κ1) is 12.6. The van der Waals surface area contributed by atoms with E-state index in [0.29, 0.717) is 5.69 Å². The third kappa shape index (κ3) is 2.68. The van der Waals surface area contributed by atoms with Crippen LogP contribution in [0.4, 0.5) is 5.69 Å². The molecule has 0 aliphatic carbocycles. The Kier molecular flexibility index (Phi) is 3.62. The lowest BCUT2D eigenvalue weighted by atomic mass is 10.2. The smallest absolute Gasteiger partial charge is 0.278 e. The zero-order valence-electron chi connectivity index (χ0n) is 9.64. The van der Waals surface area contributed by atoms with Crippen molar-refractivity contribution in [2.75, 3.05) is 5.32 Å². The molecule has 0 saturated carbocycles. The lowest BCUT2D eigenvalue weighted by Gasteiger charge is -2.08. The monoisotopic (exact) mass is 306 g/mol. The number of halogens is 1. The van der Waals surface area contributed by atoms with E-state index < -0.39 is 5.91 Å². The molecule has 1 aromatic carbocycles. The fraction of sp³-hybridized carbons (Fsp3) is 0.0769. The fourth-order valence-electron chi connectivity index (χ4n) is 1.49. The molecular weight excluding hydrogens is 296 g/mol. The Morgan fingerprint density at radius 2 is 2.17 bits per heavy atom. The van der Waals surface area contributed by atoms with Crippen molar-refractivity contribution < 1.29 is 9.90 Å². The summed E-state index contributed by atoms with van der Waals surface area (Å²) in [7, 11) is 0. The molecule has 1 amide bonds. The van der Waals surface area contributed by atoms with Gasteiger partial charge in [0.15, 0.2) is 5.69 Å². The molecule has 0 radical (unpaired) electrons. The predicted molar refractivity (Wildman–Crippen MR) is 72.7 cm³/mol. The van der Waals surface area contributed by atoms with Gasteiger partial charge in [-0.25, -0.2) is 4.98 Å². The first-order chi connectivity index (χ1) is 8.58. The number of aromatic nitrogens is 1. The second-order valence-corrected chi connectivity index (χ2v) is 4.66. The lowest BCUT2D eigenvalue weighted by molar-refractivity contribution is 0.101. The molecule has 0 aliphatic rings. The van der Waals surface area contributed by atoms with E-state index in [1.165, 1.54) is 12.3 Å². The molecule has 4 nitrogen and oxygen atoms in total. The Morgan fingerprint density at radius 3 is 2.89 bits per heavy atom. The quantitative estimate of drug-likeness (QED) is 0.896. The van der Waals surface area contributed by atoms with E-state index in [-0.39, 0.29) is 11.4 Å². The molecule has 0 saturated heterocycles. The Balaban J connectivity index is 2.27. The van der Waals surface area contributed by atoms with Gasteiger partial charge in [-0.3, -0.25) is 4.79 Å². The van der Waals surface area contributed by atoms with Crippen LogP contribution in [0.3, 0.4) is 0 Å². The maximum absolute atomic E-state index is 11.9. The van der Waals surface area contributed by atoms with Crippen molar-refractivity contribution in [2.24, 2.45) is 0 Å². The van der Waals surface area contributed by atoms with Gasteiger partial charge < -0.3 is 10.4 Å². The number of carbonyl (C=O) groups excluding carboxylic acids is 1. The maximum atomic E-state index is 11.9. The van der Waals surface area contributed by atoms with E-state index in [0.717, 1.165) is 10.0 Å². The number of benzene rings is 1. The molecule has 1 aromatic heterocycles. The van der Waals surface area contributed by atoms with Crippen molar-refractivity contribution in [3.8, 4) is 5.75 Å². The summed E-state index contributed by atoms with van der Waals surface area (Å²) in [5.74, 6) is -0.585. The largest absolute Gasteiger partial charge is 0.505 e. The first-order valence-corrected chi connectivity index (χ1v) is 6.08. The zero-order valence-corrected chi connectivity index (χ0v) is 11.2. The number of aryl methyl sites for hydroxylation is 1. The van der Waals surface area contributed by atoms with Gasteiger partial charge in [0.1, 0.15) is 5.75 Å². The molecule has 2 aromatic rings. The van der Waals surface area contributed by atoms with Crippen LogP contribution in [0.15, 0.2) is 41.0 Å². The van der Waals surface area contributed by atoms with E-state index in [2.05, 4.69) is 26.2 Å². The van der Waals surface area contributed by atoms with Gasteiger partial charge in [-0.2, -0.15) is 0 Å². The van der Waals surface area contributed by atoms with Crippen LogP contribution in [0.1, 0.15) is 16.1 Å². The molecule has 1 heterocycles. The number of hydrogen-bond donors (Lipinski definition) is 2. The van der Waals surface area contributed by atoms with Crippen LogP contribution in [0.25, 0.3) is 0 Å². The van der Waals surface area contributed by atoms with Gasteiger partial charge in [0.2, 0.25) is 0 Å². The fourth-order valence-corrected chi connectivity index (χ4v) is 1.83. The minimum atomic E-state index is -0.445. The molecule has 18 heavy (non-hydrogen) atoms. The van der Waals surface area contributed by atoms with Crippen LogP contribution in [0.2, 0.25) is 0 Å². The molecule has 92 valence electrons. The first-order valence-electron chi connectivity index (χ1n) is 5.29. The minimum absolute atomic E-state index is 0.00547. The minimum Gasteiger partial charge on any atom is -0.505 e. The second kappa shape index (κ2) is 5.18. The SMILES string of the molecule is Cc1ccc(Br)c(NC(=O)c2ncccc2O)c1. The summed E-state index contributed by atoms with van der Waals surface area (Å²) >= 11 is 3.35. The van der Waals surface area contributed by atoms with Crippen LogP contribution < -0.4 is 5.32 Å². The van der Waals surface area contributed by atoms with E-state index >= 15 is 0 Å². The molecule has 0 bridgehead atoms. The van der Waals surface area contributed by atoms with Crippen LogP contribution in [-0.4, -0.2) is 16.0 Å². The Bertz CT molecular complexity index is 599. The second-order valence-electron chi connectivity index (χ2n) is 3.81. The highest BCUT2D eigenvalue weighted by molar-refractivity contribution is 9.10. The van der Waals surface area contributed by atoms with Gasteiger partial charge in [-0.15, -0.1) is 0 Å². The van der Waals surface area contributed by atoms with Crippen LogP contribution in [-0.2, 0) is 0 Å². The highest BCUT2D eigenvalue weighted by Gasteiger charge is 2.13. The normalized spacial score (nSPS) is 10.1. The zero-order chi connectivity index (χ0) is 13.1. The molecule has 0 aliphatic heterocycles. The number of aromatic hydroxyl groups is 1. The van der Waals surface area contributed by atoms with Gasteiger partial charge in [0.25, 0.3) is 5.91 Å². The number of pyridine rings is 1. The Hall–Kier alpha value is -1.88. The number of hydrogen-bond acceptors (Lipinski definition) is 3. The van der Waals surface area contributed by atoms with E-state index in [1.807, 2.05) is 25.1 Å². The van der Waals surface area contributed by atoms with E-state index in [4.69, 9.17) is 0 Å². The number of nitrogens with one attached hydrogen (secondary N) is 1. The average molecular weight is 307 g/mol. The number of carbonyl (C=O) groups is 1. The van der Waals surface area contributed by atoms with E-state index in [9.17, 15) is 9.90 Å². The molecule has 2 rings (SSSR count). The van der Waals surface area contributed by atoms with Crippen LogP contribution >= 0.6 is 15.9 Å².